The summed E-state index contributed by atoms with van der Waals surface area (Å²) < 4.78 is 0. The van der Waals surface area contributed by atoms with Gasteiger partial charge in [-0.15, -0.1) is 0 Å². The number of anilines is 1. The molecule has 0 aromatic heterocycles. The quantitative estimate of drug-likeness (QED) is 0.807. The number of nitrogens with one attached hydrogen (secondary N) is 1. The predicted octanol–water partition coefficient (Wildman–Crippen LogP) is 1.79. The monoisotopic (exact) mass is 259 g/mol. The van der Waals surface area contributed by atoms with E-state index in [0.717, 1.165) is 0 Å². The summed E-state index contributed by atoms with van der Waals surface area (Å²) in [5.74, 6) is 0.0879. The highest BCUT2D eigenvalue weighted by Gasteiger charge is 2.27. The standard InChI is InChI=1S/C14H17N3O2/c1-10-9-17(6-5-13(10)18)14(19)16-12-4-2-3-11(7-12)8-15/h2-4,7,10,13,18H,5-6,9H2,1H3,(H,16,19). The maximum absolute atomic E-state index is 12.1. The Morgan fingerprint density at radius 3 is 3.05 bits per heavy atom. The van der Waals surface area contributed by atoms with Crippen LogP contribution in [0.5, 0.6) is 0 Å². The Kier molecular flexibility index (Phi) is 4.03. The highest BCUT2D eigenvalue weighted by Crippen LogP contribution is 2.18. The summed E-state index contributed by atoms with van der Waals surface area (Å²) in [7, 11) is 0. The molecule has 5 heteroatoms. The number of carbonyl (C=O) groups is 1. The molecule has 0 radical (unpaired) electrons. The van der Waals surface area contributed by atoms with Crippen LogP contribution in [0.1, 0.15) is 18.9 Å². The van der Waals surface area contributed by atoms with Crippen LogP contribution in [0.3, 0.4) is 0 Å². The summed E-state index contributed by atoms with van der Waals surface area (Å²) in [6.45, 7) is 3.03. The van der Waals surface area contributed by atoms with E-state index in [1.165, 1.54) is 0 Å². The lowest BCUT2D eigenvalue weighted by Gasteiger charge is -2.34. The molecule has 0 spiro atoms. The summed E-state index contributed by atoms with van der Waals surface area (Å²) in [6, 6.07) is 8.66. The van der Waals surface area contributed by atoms with Crippen molar-refractivity contribution in [2.45, 2.75) is 19.4 Å². The highest BCUT2D eigenvalue weighted by molar-refractivity contribution is 5.89. The highest BCUT2D eigenvalue weighted by atomic mass is 16.3. The van der Waals surface area contributed by atoms with Crippen molar-refractivity contribution in [3.05, 3.63) is 29.8 Å². The molecule has 2 N–H and O–H groups in total. The zero-order valence-electron chi connectivity index (χ0n) is 10.8. The first-order valence-electron chi connectivity index (χ1n) is 6.34. The van der Waals surface area contributed by atoms with Crippen LogP contribution in [-0.2, 0) is 0 Å². The van der Waals surface area contributed by atoms with E-state index < -0.39 is 0 Å². The van der Waals surface area contributed by atoms with Crippen LogP contribution in [0.2, 0.25) is 0 Å². The number of rotatable bonds is 1. The minimum Gasteiger partial charge on any atom is -0.393 e. The van der Waals surface area contributed by atoms with E-state index in [1.807, 2.05) is 13.0 Å². The van der Waals surface area contributed by atoms with Gasteiger partial charge in [0.25, 0.3) is 0 Å². The van der Waals surface area contributed by atoms with E-state index in [4.69, 9.17) is 5.26 Å². The second-order valence-corrected chi connectivity index (χ2v) is 4.90. The Bertz CT molecular complexity index is 510. The van der Waals surface area contributed by atoms with Gasteiger partial charge in [-0.1, -0.05) is 13.0 Å². The van der Waals surface area contributed by atoms with Crippen LogP contribution in [-0.4, -0.2) is 35.2 Å². The third kappa shape index (κ3) is 3.24. The van der Waals surface area contributed by atoms with Crippen LogP contribution in [0.25, 0.3) is 0 Å². The summed E-state index contributed by atoms with van der Waals surface area (Å²) in [6.07, 6.45) is 0.276. The van der Waals surface area contributed by atoms with E-state index in [1.54, 1.807) is 29.2 Å². The number of hydrogen-bond acceptors (Lipinski definition) is 3. The van der Waals surface area contributed by atoms with Crippen LogP contribution in [0, 0.1) is 17.2 Å². The molecule has 2 unspecified atom stereocenters. The number of hydrogen-bond donors (Lipinski definition) is 2. The van der Waals surface area contributed by atoms with Crippen molar-refractivity contribution in [2.75, 3.05) is 18.4 Å². The fraction of sp³-hybridized carbons (Fsp3) is 0.429. The molecule has 1 aromatic rings. The maximum atomic E-state index is 12.1. The van der Waals surface area contributed by atoms with Crippen LogP contribution < -0.4 is 5.32 Å². The van der Waals surface area contributed by atoms with E-state index in [9.17, 15) is 9.90 Å². The molecule has 19 heavy (non-hydrogen) atoms. The van der Waals surface area contributed by atoms with E-state index in [0.29, 0.717) is 30.8 Å². The van der Waals surface area contributed by atoms with Crippen molar-refractivity contribution in [2.24, 2.45) is 5.92 Å². The lowest BCUT2D eigenvalue weighted by Crippen LogP contribution is -2.46. The molecule has 0 aliphatic carbocycles. The van der Waals surface area contributed by atoms with Crippen molar-refractivity contribution in [3.63, 3.8) is 0 Å². The lowest BCUT2D eigenvalue weighted by atomic mass is 9.97. The van der Waals surface area contributed by atoms with Crippen LogP contribution in [0.4, 0.5) is 10.5 Å². The van der Waals surface area contributed by atoms with Gasteiger partial charge in [0.2, 0.25) is 0 Å². The van der Waals surface area contributed by atoms with E-state index >= 15 is 0 Å². The largest absolute Gasteiger partial charge is 0.393 e. The van der Waals surface area contributed by atoms with Gasteiger partial charge in [-0.3, -0.25) is 0 Å². The van der Waals surface area contributed by atoms with Gasteiger partial charge in [-0.2, -0.15) is 5.26 Å². The van der Waals surface area contributed by atoms with Gasteiger partial charge in [0.1, 0.15) is 0 Å². The number of nitriles is 1. The summed E-state index contributed by atoms with van der Waals surface area (Å²) in [4.78, 5) is 13.8. The Morgan fingerprint density at radius 1 is 1.58 bits per heavy atom. The van der Waals surface area contributed by atoms with E-state index in [-0.39, 0.29) is 18.1 Å². The number of likely N-dealkylation sites (tertiary alicyclic amines) is 1. The predicted molar refractivity (Wildman–Crippen MR) is 71.5 cm³/mol. The molecule has 1 fully saturated rings. The molecule has 2 amide bonds. The normalized spacial score (nSPS) is 22.7. The Labute approximate surface area is 112 Å². The number of carbonyl (C=O) groups excluding carboxylic acids is 1. The Balaban J connectivity index is 1.99. The molecule has 100 valence electrons. The van der Waals surface area contributed by atoms with Crippen molar-refractivity contribution in [1.82, 2.24) is 4.90 Å². The van der Waals surface area contributed by atoms with Crippen LogP contribution in [0.15, 0.2) is 24.3 Å². The maximum Gasteiger partial charge on any atom is 0.321 e. The minimum atomic E-state index is -0.328. The van der Waals surface area contributed by atoms with Crippen molar-refractivity contribution >= 4 is 11.7 Å². The fourth-order valence-electron chi connectivity index (χ4n) is 2.19. The zero-order valence-corrected chi connectivity index (χ0v) is 10.8. The fourth-order valence-corrected chi connectivity index (χ4v) is 2.19. The number of aliphatic hydroxyl groups is 1. The van der Waals surface area contributed by atoms with Gasteiger partial charge < -0.3 is 15.3 Å². The second-order valence-electron chi connectivity index (χ2n) is 4.90. The molecular weight excluding hydrogens is 242 g/mol. The Hall–Kier alpha value is -2.06. The zero-order chi connectivity index (χ0) is 13.8. The SMILES string of the molecule is CC1CN(C(=O)Nc2cccc(C#N)c2)CCC1O. The minimum absolute atomic E-state index is 0.0879. The first kappa shape index (κ1) is 13.4. The number of urea groups is 1. The third-order valence-corrected chi connectivity index (χ3v) is 3.39. The number of amides is 2. The number of nitrogens with zero attached hydrogens (tertiary/aromatic N) is 2. The average molecular weight is 259 g/mol. The van der Waals surface area contributed by atoms with Crippen molar-refractivity contribution < 1.29 is 9.90 Å². The molecule has 1 aliphatic heterocycles. The molecule has 1 saturated heterocycles. The molecule has 5 nitrogen and oxygen atoms in total. The summed E-state index contributed by atoms with van der Waals surface area (Å²) >= 11 is 0. The Morgan fingerprint density at radius 2 is 2.37 bits per heavy atom. The molecule has 1 aromatic carbocycles. The number of benzene rings is 1. The first-order valence-corrected chi connectivity index (χ1v) is 6.34. The van der Waals surface area contributed by atoms with Crippen molar-refractivity contribution in [3.8, 4) is 6.07 Å². The molecule has 1 heterocycles. The molecule has 1 aliphatic rings. The van der Waals surface area contributed by atoms with Gasteiger partial charge in [-0.05, 0) is 30.5 Å². The first-order chi connectivity index (χ1) is 9.10. The topological polar surface area (TPSA) is 76.4 Å². The molecule has 2 atom stereocenters. The van der Waals surface area contributed by atoms with Gasteiger partial charge in [-0.25, -0.2) is 4.79 Å². The lowest BCUT2D eigenvalue weighted by molar-refractivity contribution is 0.0506. The number of piperidine rings is 1. The molecule has 0 saturated carbocycles. The molecule has 0 bridgehead atoms. The molecular formula is C14H17N3O2. The average Bonchev–Trinajstić information content (AvgIpc) is 2.42. The third-order valence-electron chi connectivity index (χ3n) is 3.39. The summed E-state index contributed by atoms with van der Waals surface area (Å²) in [5, 5.41) is 21.2. The smallest absolute Gasteiger partial charge is 0.321 e. The van der Waals surface area contributed by atoms with Gasteiger partial charge in [0.05, 0.1) is 17.7 Å². The van der Waals surface area contributed by atoms with Gasteiger partial charge in [0.15, 0.2) is 0 Å². The van der Waals surface area contributed by atoms with Gasteiger partial charge in [0, 0.05) is 18.8 Å². The second kappa shape index (κ2) is 5.72. The van der Waals surface area contributed by atoms with Crippen LogP contribution >= 0.6 is 0 Å². The van der Waals surface area contributed by atoms with Gasteiger partial charge >= 0.3 is 6.03 Å². The van der Waals surface area contributed by atoms with E-state index in [2.05, 4.69) is 5.32 Å². The summed E-state index contributed by atoms with van der Waals surface area (Å²) in [5.41, 5.74) is 1.13. The van der Waals surface area contributed by atoms with Crippen molar-refractivity contribution in [1.29, 1.82) is 5.26 Å². The number of aliphatic hydroxyl groups excluding tert-OH is 1. The molecule has 2 rings (SSSR count).